The molecule has 116 valence electrons. The number of hydrogen-bond acceptors (Lipinski definition) is 2. The van der Waals surface area contributed by atoms with Crippen molar-refractivity contribution < 1.29 is 4.79 Å². The highest BCUT2D eigenvalue weighted by Gasteiger charge is 2.44. The highest BCUT2D eigenvalue weighted by molar-refractivity contribution is 5.88. The van der Waals surface area contributed by atoms with Gasteiger partial charge in [0.1, 0.15) is 0 Å². The molecule has 0 spiro atoms. The topological polar surface area (TPSA) is 41.5 Å². The van der Waals surface area contributed by atoms with Gasteiger partial charge in [0.2, 0.25) is 5.91 Å². The lowest BCUT2D eigenvalue weighted by Gasteiger charge is -2.45. The summed E-state index contributed by atoms with van der Waals surface area (Å²) in [6, 6.07) is 17.5. The third-order valence-corrected chi connectivity index (χ3v) is 5.23. The highest BCUT2D eigenvalue weighted by Crippen LogP contribution is 2.55. The van der Waals surface area contributed by atoms with Crippen molar-refractivity contribution in [2.45, 2.75) is 32.1 Å². The summed E-state index contributed by atoms with van der Waals surface area (Å²) in [7, 11) is 0. The van der Waals surface area contributed by atoms with Crippen LogP contribution in [0.5, 0.6) is 0 Å². The average molecular weight is 304 g/mol. The Morgan fingerprint density at radius 3 is 2.00 bits per heavy atom. The number of carbonyl (C=O) groups is 1. The predicted molar refractivity (Wildman–Crippen MR) is 91.6 cm³/mol. The molecular weight excluding hydrogens is 284 g/mol. The summed E-state index contributed by atoms with van der Waals surface area (Å²) in [5.41, 5.74) is 9.37. The molecule has 3 aliphatic carbocycles. The van der Waals surface area contributed by atoms with Gasteiger partial charge in [-0.1, -0.05) is 48.5 Å². The fraction of sp³-hybridized carbons (Fsp3) is 0.300. The van der Waals surface area contributed by atoms with Crippen LogP contribution in [0.3, 0.4) is 0 Å². The van der Waals surface area contributed by atoms with Crippen molar-refractivity contribution in [3.63, 3.8) is 0 Å². The normalized spacial score (nSPS) is 24.8. The average Bonchev–Trinajstić information content (AvgIpc) is 2.59. The minimum atomic E-state index is -0.119. The number of amides is 1. The van der Waals surface area contributed by atoms with Crippen LogP contribution in [0.15, 0.2) is 53.6 Å². The van der Waals surface area contributed by atoms with E-state index in [0.717, 1.165) is 12.1 Å². The molecule has 1 unspecified atom stereocenters. The van der Waals surface area contributed by atoms with Crippen molar-refractivity contribution in [2.24, 2.45) is 11.0 Å². The fourth-order valence-electron chi connectivity index (χ4n) is 4.30. The van der Waals surface area contributed by atoms with Crippen LogP contribution >= 0.6 is 0 Å². The Labute approximate surface area is 136 Å². The maximum atomic E-state index is 11.2. The Balaban J connectivity index is 1.83. The first-order chi connectivity index (χ1) is 11.2. The predicted octanol–water partition coefficient (Wildman–Crippen LogP) is 3.80. The zero-order valence-corrected chi connectivity index (χ0v) is 13.4. The van der Waals surface area contributed by atoms with Gasteiger partial charge in [-0.25, -0.2) is 5.43 Å². The molecule has 1 atom stereocenters. The van der Waals surface area contributed by atoms with Crippen LogP contribution in [0.25, 0.3) is 0 Å². The van der Waals surface area contributed by atoms with E-state index in [1.165, 1.54) is 29.2 Å². The second kappa shape index (κ2) is 5.34. The van der Waals surface area contributed by atoms with Crippen LogP contribution in [-0.2, 0) is 4.79 Å². The first-order valence-electron chi connectivity index (χ1n) is 8.15. The zero-order chi connectivity index (χ0) is 16.0. The smallest absolute Gasteiger partial charge is 0.236 e. The second-order valence-corrected chi connectivity index (χ2v) is 6.55. The number of fused-ring (bicyclic) bond motifs is 1. The Kier molecular flexibility index (Phi) is 3.29. The van der Waals surface area contributed by atoms with Crippen molar-refractivity contribution in [1.82, 2.24) is 5.43 Å². The lowest BCUT2D eigenvalue weighted by atomic mass is 9.58. The third-order valence-electron chi connectivity index (χ3n) is 5.23. The first-order valence-corrected chi connectivity index (χ1v) is 8.15. The quantitative estimate of drug-likeness (QED) is 0.665. The summed E-state index contributed by atoms with van der Waals surface area (Å²) in [4.78, 5) is 11.2. The Hall–Kier alpha value is -2.42. The molecule has 0 radical (unpaired) electrons. The molecule has 23 heavy (non-hydrogen) atoms. The van der Waals surface area contributed by atoms with E-state index < -0.39 is 0 Å². The van der Waals surface area contributed by atoms with Crippen LogP contribution in [0.2, 0.25) is 0 Å². The summed E-state index contributed by atoms with van der Waals surface area (Å²) in [5, 5.41) is 4.33. The van der Waals surface area contributed by atoms with Crippen LogP contribution in [0.1, 0.15) is 54.4 Å². The third kappa shape index (κ3) is 2.19. The molecule has 3 nitrogen and oxygen atoms in total. The minimum Gasteiger partial charge on any atom is -0.274 e. The Morgan fingerprint density at radius 2 is 1.48 bits per heavy atom. The van der Waals surface area contributed by atoms with Gasteiger partial charge < -0.3 is 0 Å². The van der Waals surface area contributed by atoms with E-state index in [-0.39, 0.29) is 5.91 Å². The van der Waals surface area contributed by atoms with Gasteiger partial charge in [0.15, 0.2) is 0 Å². The van der Waals surface area contributed by atoms with Gasteiger partial charge in [0.25, 0.3) is 0 Å². The molecule has 0 fully saturated rings. The number of rotatable bonds is 2. The summed E-state index contributed by atoms with van der Waals surface area (Å²) >= 11 is 0. The van der Waals surface area contributed by atoms with Crippen molar-refractivity contribution in [3.05, 3.63) is 70.8 Å². The fourth-order valence-corrected chi connectivity index (χ4v) is 4.30. The molecular formula is C20H20N2O. The van der Waals surface area contributed by atoms with Crippen LogP contribution in [-0.4, -0.2) is 11.6 Å². The van der Waals surface area contributed by atoms with Gasteiger partial charge in [-0.05, 0) is 35.6 Å². The van der Waals surface area contributed by atoms with E-state index in [0.29, 0.717) is 17.8 Å². The van der Waals surface area contributed by atoms with E-state index in [4.69, 9.17) is 0 Å². The molecule has 1 N–H and O–H groups in total. The molecule has 0 saturated heterocycles. The Morgan fingerprint density at radius 1 is 0.957 bits per heavy atom. The highest BCUT2D eigenvalue weighted by atomic mass is 16.2. The molecule has 3 aliphatic rings. The van der Waals surface area contributed by atoms with Crippen LogP contribution in [0, 0.1) is 5.92 Å². The number of nitrogens with zero attached hydrogens (tertiary/aromatic N) is 1. The maximum absolute atomic E-state index is 11.2. The first kappa shape index (κ1) is 14.2. The molecule has 2 aromatic carbocycles. The molecule has 5 rings (SSSR count). The van der Waals surface area contributed by atoms with E-state index in [2.05, 4.69) is 59.1 Å². The maximum Gasteiger partial charge on any atom is 0.236 e. The van der Waals surface area contributed by atoms with Crippen LogP contribution in [0.4, 0.5) is 0 Å². The van der Waals surface area contributed by atoms with Gasteiger partial charge in [-0.2, -0.15) is 5.10 Å². The number of hydrogen-bond donors (Lipinski definition) is 1. The molecule has 1 amide bonds. The van der Waals surface area contributed by atoms with Crippen molar-refractivity contribution in [3.8, 4) is 0 Å². The van der Waals surface area contributed by atoms with Gasteiger partial charge in [0.05, 0.1) is 0 Å². The SMILES string of the molecule is CC(=O)N/N=C(/C)C1CC2c3ccccc3C1c1ccccc12. The molecule has 0 aromatic heterocycles. The minimum absolute atomic E-state index is 0.119. The van der Waals surface area contributed by atoms with Crippen molar-refractivity contribution in [2.75, 3.05) is 0 Å². The number of benzene rings is 2. The largest absolute Gasteiger partial charge is 0.274 e. The summed E-state index contributed by atoms with van der Waals surface area (Å²) in [6.07, 6.45) is 1.06. The second-order valence-electron chi connectivity index (χ2n) is 6.55. The van der Waals surface area contributed by atoms with E-state index in [1.807, 2.05) is 6.92 Å². The van der Waals surface area contributed by atoms with Gasteiger partial charge in [0, 0.05) is 30.4 Å². The molecule has 0 heterocycles. The van der Waals surface area contributed by atoms with E-state index in [9.17, 15) is 4.79 Å². The number of hydrazone groups is 1. The molecule has 2 bridgehead atoms. The molecule has 0 aliphatic heterocycles. The molecule has 2 aromatic rings. The van der Waals surface area contributed by atoms with E-state index in [1.54, 1.807) is 0 Å². The van der Waals surface area contributed by atoms with Gasteiger partial charge in [-0.3, -0.25) is 4.79 Å². The standard InChI is InChI=1S/C20H20N2O/c1-12(21-22-13(2)23)18-11-19-14-7-3-5-9-16(14)20(18)17-10-6-4-8-15(17)19/h3-10,18-20H,11H2,1-2H3,(H,22,23)/b21-12-. The lowest BCUT2D eigenvalue weighted by molar-refractivity contribution is -0.118. The van der Waals surface area contributed by atoms with Crippen LogP contribution < -0.4 is 5.43 Å². The van der Waals surface area contributed by atoms with Gasteiger partial charge >= 0.3 is 0 Å². The van der Waals surface area contributed by atoms with Crippen molar-refractivity contribution in [1.29, 1.82) is 0 Å². The Bertz CT molecular complexity index is 761. The van der Waals surface area contributed by atoms with E-state index >= 15 is 0 Å². The monoisotopic (exact) mass is 304 g/mol. The summed E-state index contributed by atoms with van der Waals surface area (Å²) in [5.74, 6) is 0.993. The van der Waals surface area contributed by atoms with Gasteiger partial charge in [-0.15, -0.1) is 0 Å². The van der Waals surface area contributed by atoms with Crippen molar-refractivity contribution >= 4 is 11.6 Å². The lowest BCUT2D eigenvalue weighted by Crippen LogP contribution is -2.36. The summed E-state index contributed by atoms with van der Waals surface area (Å²) < 4.78 is 0. The number of carbonyl (C=O) groups excluding carboxylic acids is 1. The molecule has 3 heteroatoms. The zero-order valence-electron chi connectivity index (χ0n) is 13.4. The summed E-state index contributed by atoms with van der Waals surface area (Å²) in [6.45, 7) is 3.53. The number of nitrogens with one attached hydrogen (secondary N) is 1. The molecule has 0 saturated carbocycles.